The number of amides is 5. The van der Waals surface area contributed by atoms with Crippen molar-refractivity contribution in [2.45, 2.75) is 76.9 Å². The van der Waals surface area contributed by atoms with Crippen LogP contribution in [0, 0.1) is 11.8 Å². The Hall–Kier alpha value is -4.50. The highest BCUT2D eigenvalue weighted by atomic mass is 16.5. The van der Waals surface area contributed by atoms with Crippen LogP contribution < -0.4 is 32.9 Å². The molecule has 44 heavy (non-hydrogen) atoms. The molecule has 0 unspecified atom stereocenters. The number of H-pyrrole nitrogens is 1. The summed E-state index contributed by atoms with van der Waals surface area (Å²) < 4.78 is 0. The number of carboxylic acids is 1. The standard InChI is InChI=1S/C29H43N7O8/c1-16(2)11-17(13-24(37)36-44)27(41)34-23(14-25(38)39)29(43)35-22(12-18-15-32-20-8-4-3-7-19(18)20)28(42)33-21(26(31)40)9-5-6-10-30/h3-4,7-8,15-17,21-23,32,44H,5-6,9-14,30H2,1-2H3,(H2,31,40)(H,33,42)(H,34,41)(H,35,43)(H,36,37)(H,38,39)/t17-,21+,22+,23+/m1/s1. The zero-order valence-corrected chi connectivity index (χ0v) is 24.9. The van der Waals surface area contributed by atoms with Crippen LogP contribution >= 0.6 is 0 Å². The van der Waals surface area contributed by atoms with E-state index in [-0.39, 0.29) is 25.2 Å². The Labute approximate surface area is 254 Å². The maximum absolute atomic E-state index is 13.5. The number of hydroxylamine groups is 1. The van der Waals surface area contributed by atoms with Crippen LogP contribution in [0.5, 0.6) is 0 Å². The average Bonchev–Trinajstić information content (AvgIpc) is 3.37. The second kappa shape index (κ2) is 17.6. The fourth-order valence-corrected chi connectivity index (χ4v) is 4.85. The number of carbonyl (C=O) groups is 6. The summed E-state index contributed by atoms with van der Waals surface area (Å²) in [6.45, 7) is 4.00. The van der Waals surface area contributed by atoms with Gasteiger partial charge in [0.2, 0.25) is 29.5 Å². The lowest BCUT2D eigenvalue weighted by atomic mass is 9.92. The molecular formula is C29H43N7O8. The average molecular weight is 618 g/mol. The minimum atomic E-state index is -1.61. The number of carboxylic acid groups (broad SMARTS) is 1. The summed E-state index contributed by atoms with van der Waals surface area (Å²) in [5.41, 5.74) is 13.9. The van der Waals surface area contributed by atoms with Crippen LogP contribution in [0.1, 0.15) is 57.9 Å². The fraction of sp³-hybridized carbons (Fsp3) is 0.517. The number of benzene rings is 1. The molecule has 15 nitrogen and oxygen atoms in total. The molecule has 2 rings (SSSR count). The van der Waals surface area contributed by atoms with Crippen molar-refractivity contribution in [3.63, 3.8) is 0 Å². The Morgan fingerprint density at radius 2 is 1.52 bits per heavy atom. The van der Waals surface area contributed by atoms with Crippen molar-refractivity contribution >= 4 is 46.4 Å². The highest BCUT2D eigenvalue weighted by molar-refractivity contribution is 5.96. The van der Waals surface area contributed by atoms with Crippen molar-refractivity contribution in [1.82, 2.24) is 26.4 Å². The van der Waals surface area contributed by atoms with Crippen molar-refractivity contribution in [3.05, 3.63) is 36.0 Å². The maximum atomic E-state index is 13.5. The van der Waals surface area contributed by atoms with Crippen LogP contribution in [0.15, 0.2) is 30.5 Å². The van der Waals surface area contributed by atoms with Crippen molar-refractivity contribution in [1.29, 1.82) is 0 Å². The molecule has 1 heterocycles. The quantitative estimate of drug-likeness (QED) is 0.0574. The second-order valence-electron chi connectivity index (χ2n) is 11.1. The largest absolute Gasteiger partial charge is 0.481 e. The summed E-state index contributed by atoms with van der Waals surface area (Å²) in [7, 11) is 0. The number of fused-ring (bicyclic) bond motifs is 1. The van der Waals surface area contributed by atoms with Gasteiger partial charge in [-0.3, -0.25) is 34.0 Å². The topological polar surface area (TPSA) is 259 Å². The molecule has 1 aromatic heterocycles. The molecule has 0 spiro atoms. The van der Waals surface area contributed by atoms with Gasteiger partial charge in [0.25, 0.3) is 0 Å². The molecule has 2 aromatic rings. The second-order valence-corrected chi connectivity index (χ2v) is 11.1. The van der Waals surface area contributed by atoms with Gasteiger partial charge in [0.1, 0.15) is 18.1 Å². The third kappa shape index (κ3) is 11.3. The molecule has 242 valence electrons. The number of rotatable bonds is 19. The summed E-state index contributed by atoms with van der Waals surface area (Å²) in [6.07, 6.45) is 1.97. The SMILES string of the molecule is CC(C)C[C@H](CC(=O)NO)C(=O)N[C@@H](CC(=O)O)C(=O)N[C@@H](Cc1c[nH]c2ccccc12)C(=O)N[C@@H](CCCCN)C(N)=O. The van der Waals surface area contributed by atoms with Gasteiger partial charge in [0.15, 0.2) is 0 Å². The molecule has 0 aliphatic rings. The predicted octanol–water partition coefficient (Wildman–Crippen LogP) is -0.188. The monoisotopic (exact) mass is 617 g/mol. The summed E-state index contributed by atoms with van der Waals surface area (Å²) >= 11 is 0. The van der Waals surface area contributed by atoms with Crippen LogP contribution in [0.4, 0.5) is 0 Å². The Morgan fingerprint density at radius 1 is 0.886 bits per heavy atom. The molecule has 0 saturated heterocycles. The van der Waals surface area contributed by atoms with Gasteiger partial charge in [0, 0.05) is 35.9 Å². The molecule has 0 saturated carbocycles. The van der Waals surface area contributed by atoms with Crippen molar-refractivity contribution < 1.29 is 39.1 Å². The molecule has 4 atom stereocenters. The van der Waals surface area contributed by atoms with Gasteiger partial charge in [-0.2, -0.15) is 0 Å². The molecule has 0 radical (unpaired) electrons. The number of aromatic nitrogens is 1. The molecule has 0 fully saturated rings. The number of aliphatic carboxylic acids is 1. The van der Waals surface area contributed by atoms with Crippen LogP contribution in [0.25, 0.3) is 10.9 Å². The number of primary amides is 1. The lowest BCUT2D eigenvalue weighted by Gasteiger charge is -2.25. The Morgan fingerprint density at radius 3 is 2.14 bits per heavy atom. The maximum Gasteiger partial charge on any atom is 0.305 e. The molecule has 5 amide bonds. The highest BCUT2D eigenvalue weighted by Crippen LogP contribution is 2.20. The van der Waals surface area contributed by atoms with Gasteiger partial charge in [0.05, 0.1) is 6.42 Å². The summed E-state index contributed by atoms with van der Waals surface area (Å²) in [5.74, 6) is -6.48. The minimum Gasteiger partial charge on any atom is -0.481 e. The molecular weight excluding hydrogens is 574 g/mol. The van der Waals surface area contributed by atoms with E-state index in [2.05, 4.69) is 20.9 Å². The van der Waals surface area contributed by atoms with Gasteiger partial charge in [-0.1, -0.05) is 32.0 Å². The van der Waals surface area contributed by atoms with Crippen molar-refractivity contribution in [3.8, 4) is 0 Å². The molecule has 0 aliphatic heterocycles. The third-order valence-electron chi connectivity index (χ3n) is 7.03. The Kier molecular flexibility index (Phi) is 14.3. The minimum absolute atomic E-state index is 0.0451. The lowest BCUT2D eigenvalue weighted by molar-refractivity contribution is -0.142. The smallest absolute Gasteiger partial charge is 0.305 e. The number of hydrogen-bond acceptors (Lipinski definition) is 8. The molecule has 0 bridgehead atoms. The number of unbranched alkanes of at least 4 members (excludes halogenated alkanes) is 1. The zero-order valence-electron chi connectivity index (χ0n) is 24.9. The van der Waals surface area contributed by atoms with E-state index in [9.17, 15) is 33.9 Å². The van der Waals surface area contributed by atoms with E-state index in [0.29, 0.717) is 24.9 Å². The number of para-hydroxylation sites is 1. The molecule has 0 aliphatic carbocycles. The van der Waals surface area contributed by atoms with Gasteiger partial charge in [-0.25, -0.2) is 5.48 Å². The summed E-state index contributed by atoms with van der Waals surface area (Å²) in [4.78, 5) is 78.7. The van der Waals surface area contributed by atoms with Gasteiger partial charge >= 0.3 is 5.97 Å². The van der Waals surface area contributed by atoms with E-state index in [1.807, 2.05) is 32.0 Å². The first-order valence-corrected chi connectivity index (χ1v) is 14.5. The fourth-order valence-electron chi connectivity index (χ4n) is 4.85. The Balaban J connectivity index is 2.35. The van der Waals surface area contributed by atoms with Gasteiger partial charge in [-0.05, 0) is 49.8 Å². The number of carbonyl (C=O) groups excluding carboxylic acids is 5. The zero-order chi connectivity index (χ0) is 32.8. The molecule has 1 aromatic carbocycles. The number of nitrogens with one attached hydrogen (secondary N) is 5. The van der Waals surface area contributed by atoms with Crippen LogP contribution in [-0.2, 0) is 35.2 Å². The van der Waals surface area contributed by atoms with Crippen LogP contribution in [0.2, 0.25) is 0 Å². The highest BCUT2D eigenvalue weighted by Gasteiger charge is 2.33. The van der Waals surface area contributed by atoms with E-state index >= 15 is 0 Å². The first-order valence-electron chi connectivity index (χ1n) is 14.5. The van der Waals surface area contributed by atoms with Crippen LogP contribution in [-0.4, -0.2) is 75.5 Å². The molecule has 15 heteroatoms. The van der Waals surface area contributed by atoms with Crippen molar-refractivity contribution in [2.75, 3.05) is 6.54 Å². The van der Waals surface area contributed by atoms with E-state index in [1.165, 1.54) is 5.48 Å². The van der Waals surface area contributed by atoms with E-state index in [4.69, 9.17) is 16.7 Å². The Bertz CT molecular complexity index is 1310. The van der Waals surface area contributed by atoms with E-state index in [0.717, 1.165) is 10.9 Å². The van der Waals surface area contributed by atoms with Crippen molar-refractivity contribution in [2.24, 2.45) is 23.3 Å². The number of hydrogen-bond donors (Lipinski definition) is 9. The summed E-state index contributed by atoms with van der Waals surface area (Å²) in [6, 6.07) is 3.33. The number of aromatic amines is 1. The van der Waals surface area contributed by atoms with Crippen LogP contribution in [0.3, 0.4) is 0 Å². The normalized spacial score (nSPS) is 13.8. The van der Waals surface area contributed by atoms with E-state index < -0.39 is 72.4 Å². The predicted molar refractivity (Wildman–Crippen MR) is 160 cm³/mol. The van der Waals surface area contributed by atoms with Gasteiger partial charge < -0.3 is 37.5 Å². The van der Waals surface area contributed by atoms with E-state index in [1.54, 1.807) is 12.3 Å². The summed E-state index contributed by atoms with van der Waals surface area (Å²) in [5, 5.41) is 26.7. The third-order valence-corrected chi connectivity index (χ3v) is 7.03. The number of nitrogens with two attached hydrogens (primary N) is 2. The first-order chi connectivity index (χ1) is 20.9. The molecule has 11 N–H and O–H groups in total. The van der Waals surface area contributed by atoms with Gasteiger partial charge in [-0.15, -0.1) is 0 Å². The first kappa shape index (κ1) is 35.7. The lowest BCUT2D eigenvalue weighted by Crippen LogP contribution is -2.57.